The summed E-state index contributed by atoms with van der Waals surface area (Å²) in [6, 6.07) is 7.27. The molecule has 0 aliphatic heterocycles. The van der Waals surface area contributed by atoms with Gasteiger partial charge >= 0.3 is 0 Å². The maximum atomic E-state index is 11.9. The number of rotatable bonds is 5. The van der Waals surface area contributed by atoms with Gasteiger partial charge in [0.25, 0.3) is 0 Å². The molecule has 1 atom stereocenters. The monoisotopic (exact) mass is 273 g/mol. The number of ether oxygens (including phenoxy) is 1. The molecule has 0 saturated carbocycles. The molecule has 1 unspecified atom stereocenters. The first kappa shape index (κ1) is 14.3. The predicted octanol–water partition coefficient (Wildman–Crippen LogP) is 2.57. The number of anilines is 2. The number of methoxy groups -OCH3 is 1. The Morgan fingerprint density at radius 3 is 3.00 bits per heavy atom. The van der Waals surface area contributed by atoms with E-state index in [2.05, 4.69) is 10.3 Å². The van der Waals surface area contributed by atoms with Crippen molar-refractivity contribution in [2.75, 3.05) is 18.2 Å². The second-order valence-electron chi connectivity index (χ2n) is 4.74. The van der Waals surface area contributed by atoms with Crippen LogP contribution in [0.5, 0.6) is 0 Å². The molecule has 0 fully saturated rings. The van der Waals surface area contributed by atoms with Gasteiger partial charge in [0.1, 0.15) is 0 Å². The highest BCUT2D eigenvalue weighted by Gasteiger charge is 2.09. The van der Waals surface area contributed by atoms with Gasteiger partial charge in [0, 0.05) is 25.1 Å². The Morgan fingerprint density at radius 2 is 2.25 bits per heavy atom. The second-order valence-corrected chi connectivity index (χ2v) is 4.74. The van der Waals surface area contributed by atoms with E-state index >= 15 is 0 Å². The zero-order chi connectivity index (χ0) is 14.5. The molecule has 20 heavy (non-hydrogen) atoms. The lowest BCUT2D eigenvalue weighted by atomic mass is 10.1. The first-order valence-electron chi connectivity index (χ1n) is 6.57. The number of hydrogen-bond acceptors (Lipinski definition) is 4. The fraction of sp³-hybridized carbons (Fsp3) is 0.333. The Morgan fingerprint density at radius 1 is 1.45 bits per heavy atom. The molecule has 5 nitrogen and oxygen atoms in total. The van der Waals surface area contributed by atoms with E-state index in [1.165, 1.54) is 0 Å². The Hall–Kier alpha value is -2.14. The summed E-state index contributed by atoms with van der Waals surface area (Å²) in [6.45, 7) is 1.94. The number of nitrogens with zero attached hydrogens (tertiary/aromatic N) is 1. The average molecular weight is 273 g/mol. The maximum Gasteiger partial charge on any atom is 0.224 e. The summed E-state index contributed by atoms with van der Waals surface area (Å²) in [5, 5.41) is 3.75. The molecular weight excluding hydrogens is 254 g/mol. The minimum Gasteiger partial charge on any atom is -0.397 e. The van der Waals surface area contributed by atoms with Crippen LogP contribution in [0.2, 0.25) is 0 Å². The number of benzene rings is 1. The third-order valence-corrected chi connectivity index (χ3v) is 3.26. The summed E-state index contributed by atoms with van der Waals surface area (Å²) >= 11 is 0. The summed E-state index contributed by atoms with van der Waals surface area (Å²) in [5.74, 6) is -0.0381. The molecule has 5 heteroatoms. The molecule has 1 amide bonds. The van der Waals surface area contributed by atoms with Crippen LogP contribution in [0.3, 0.4) is 0 Å². The highest BCUT2D eigenvalue weighted by atomic mass is 16.5. The van der Waals surface area contributed by atoms with Crippen molar-refractivity contribution in [3.63, 3.8) is 0 Å². The Kier molecular flexibility index (Phi) is 4.53. The van der Waals surface area contributed by atoms with Crippen molar-refractivity contribution in [2.45, 2.75) is 25.9 Å². The van der Waals surface area contributed by atoms with Gasteiger partial charge in [-0.05, 0) is 37.6 Å². The maximum absolute atomic E-state index is 11.9. The van der Waals surface area contributed by atoms with Crippen LogP contribution in [-0.4, -0.2) is 24.1 Å². The van der Waals surface area contributed by atoms with Gasteiger partial charge in [-0.15, -0.1) is 0 Å². The largest absolute Gasteiger partial charge is 0.397 e. The normalized spacial score (nSPS) is 12.3. The molecule has 1 aromatic carbocycles. The Balaban J connectivity index is 2.14. The number of amides is 1. The van der Waals surface area contributed by atoms with Crippen molar-refractivity contribution in [3.8, 4) is 0 Å². The van der Waals surface area contributed by atoms with E-state index in [9.17, 15) is 4.79 Å². The van der Waals surface area contributed by atoms with Gasteiger partial charge in [0.15, 0.2) is 0 Å². The molecule has 1 aromatic heterocycles. The molecule has 0 aliphatic rings. The predicted molar refractivity (Wildman–Crippen MR) is 80.5 cm³/mol. The highest BCUT2D eigenvalue weighted by Crippen LogP contribution is 2.26. The van der Waals surface area contributed by atoms with Crippen molar-refractivity contribution >= 4 is 28.2 Å². The molecule has 106 valence electrons. The van der Waals surface area contributed by atoms with Crippen LogP contribution in [-0.2, 0) is 9.53 Å². The fourth-order valence-electron chi connectivity index (χ4n) is 1.97. The van der Waals surface area contributed by atoms with Crippen molar-refractivity contribution in [3.05, 3.63) is 30.5 Å². The smallest absolute Gasteiger partial charge is 0.224 e. The molecule has 0 aliphatic carbocycles. The molecule has 0 saturated heterocycles. The number of pyridine rings is 1. The molecule has 0 radical (unpaired) electrons. The summed E-state index contributed by atoms with van der Waals surface area (Å²) in [4.78, 5) is 16.2. The van der Waals surface area contributed by atoms with Crippen molar-refractivity contribution in [1.29, 1.82) is 0 Å². The van der Waals surface area contributed by atoms with Crippen LogP contribution in [0.1, 0.15) is 19.8 Å². The van der Waals surface area contributed by atoms with E-state index in [1.807, 2.05) is 19.1 Å². The highest BCUT2D eigenvalue weighted by molar-refractivity contribution is 6.04. The molecule has 1 heterocycles. The van der Waals surface area contributed by atoms with E-state index in [4.69, 9.17) is 10.5 Å². The van der Waals surface area contributed by atoms with Crippen LogP contribution in [0, 0.1) is 0 Å². The quantitative estimate of drug-likeness (QED) is 0.821. The van der Waals surface area contributed by atoms with Gasteiger partial charge in [0.05, 0.1) is 23.0 Å². The third kappa shape index (κ3) is 3.24. The standard InChI is InChI=1S/C15H19N3O2/c1-10(20-2)5-8-14(19)18-13-7-6-12(16)15-11(13)4-3-9-17-15/h3-4,6-7,9-10H,5,8,16H2,1-2H3,(H,18,19). The molecule has 3 N–H and O–H groups in total. The minimum atomic E-state index is -0.0381. The fourth-order valence-corrected chi connectivity index (χ4v) is 1.97. The van der Waals surface area contributed by atoms with Gasteiger partial charge in [-0.25, -0.2) is 0 Å². The number of hydrogen-bond donors (Lipinski definition) is 2. The van der Waals surface area contributed by atoms with Gasteiger partial charge in [0.2, 0.25) is 5.91 Å². The molecule has 0 bridgehead atoms. The number of carbonyl (C=O) groups is 1. The third-order valence-electron chi connectivity index (χ3n) is 3.26. The van der Waals surface area contributed by atoms with Crippen LogP contribution in [0.25, 0.3) is 10.9 Å². The number of nitrogens with one attached hydrogen (secondary N) is 1. The van der Waals surface area contributed by atoms with Crippen LogP contribution in [0.15, 0.2) is 30.5 Å². The lowest BCUT2D eigenvalue weighted by molar-refractivity contribution is -0.116. The zero-order valence-electron chi connectivity index (χ0n) is 11.7. The van der Waals surface area contributed by atoms with Crippen molar-refractivity contribution < 1.29 is 9.53 Å². The number of nitrogens with two attached hydrogens (primary N) is 1. The van der Waals surface area contributed by atoms with Gasteiger partial charge in [-0.3, -0.25) is 9.78 Å². The molecule has 2 rings (SSSR count). The molecule has 2 aromatic rings. The summed E-state index contributed by atoms with van der Waals surface area (Å²) in [5.41, 5.74) is 7.92. The lowest BCUT2D eigenvalue weighted by Gasteiger charge is -2.11. The number of fused-ring (bicyclic) bond motifs is 1. The number of carbonyl (C=O) groups excluding carboxylic acids is 1. The van der Waals surface area contributed by atoms with Crippen LogP contribution in [0.4, 0.5) is 11.4 Å². The van der Waals surface area contributed by atoms with E-state index in [0.717, 1.165) is 11.1 Å². The van der Waals surface area contributed by atoms with E-state index < -0.39 is 0 Å². The summed E-state index contributed by atoms with van der Waals surface area (Å²) in [7, 11) is 1.64. The Labute approximate surface area is 118 Å². The van der Waals surface area contributed by atoms with Crippen molar-refractivity contribution in [1.82, 2.24) is 4.98 Å². The Bertz CT molecular complexity index is 613. The van der Waals surface area contributed by atoms with Crippen molar-refractivity contribution in [2.24, 2.45) is 0 Å². The minimum absolute atomic E-state index is 0.0381. The molecular formula is C15H19N3O2. The summed E-state index contributed by atoms with van der Waals surface area (Å²) < 4.78 is 5.13. The first-order chi connectivity index (χ1) is 9.61. The van der Waals surface area contributed by atoms with Gasteiger partial charge < -0.3 is 15.8 Å². The zero-order valence-corrected chi connectivity index (χ0v) is 11.7. The molecule has 0 spiro atoms. The lowest BCUT2D eigenvalue weighted by Crippen LogP contribution is -2.15. The summed E-state index contributed by atoms with van der Waals surface area (Å²) in [6.07, 6.45) is 2.87. The topological polar surface area (TPSA) is 77.2 Å². The first-order valence-corrected chi connectivity index (χ1v) is 6.57. The van der Waals surface area contributed by atoms with E-state index in [0.29, 0.717) is 24.0 Å². The van der Waals surface area contributed by atoms with E-state index in [1.54, 1.807) is 25.4 Å². The van der Waals surface area contributed by atoms with Crippen LogP contribution < -0.4 is 11.1 Å². The van der Waals surface area contributed by atoms with E-state index in [-0.39, 0.29) is 12.0 Å². The number of aromatic nitrogens is 1. The average Bonchev–Trinajstić information content (AvgIpc) is 2.48. The van der Waals surface area contributed by atoms with Gasteiger partial charge in [-0.1, -0.05) is 0 Å². The second kappa shape index (κ2) is 6.34. The number of nitrogen functional groups attached to an aromatic ring is 1. The SMILES string of the molecule is COC(C)CCC(=O)Nc1ccc(N)c2ncccc12. The van der Waals surface area contributed by atoms with Crippen LogP contribution >= 0.6 is 0 Å². The van der Waals surface area contributed by atoms with Gasteiger partial charge in [-0.2, -0.15) is 0 Å².